The maximum absolute atomic E-state index is 12.8. The van der Waals surface area contributed by atoms with Crippen LogP contribution in [0.25, 0.3) is 10.9 Å². The van der Waals surface area contributed by atoms with Crippen LogP contribution in [0.1, 0.15) is 27.2 Å². The summed E-state index contributed by atoms with van der Waals surface area (Å²) < 4.78 is 38.4. The average Bonchev–Trinajstić information content (AvgIpc) is 3.16. The first-order valence-corrected chi connectivity index (χ1v) is 7.73. The zero-order valence-corrected chi connectivity index (χ0v) is 13.2. The largest absolute Gasteiger partial charge is 0.429 e. The van der Waals surface area contributed by atoms with Crippen molar-refractivity contribution in [1.29, 1.82) is 0 Å². The number of benzene rings is 2. The molecule has 0 unspecified atom stereocenters. The lowest BCUT2D eigenvalue weighted by molar-refractivity contribution is -0.0597. The standard InChI is InChI=1S/C19H13F3N2O/c1-10-2-5-14-13(6-10)8-16(23-14)18(25)12-4-3-11-9-17(19(20,21)22)24-15(11)7-12/h2-8,23H,9H2,1H3. The molecule has 0 aliphatic carbocycles. The fourth-order valence-electron chi connectivity index (χ4n) is 3.02. The van der Waals surface area contributed by atoms with E-state index in [-0.39, 0.29) is 17.9 Å². The monoisotopic (exact) mass is 342 g/mol. The number of alkyl halides is 3. The lowest BCUT2D eigenvalue weighted by Gasteiger charge is -2.03. The molecule has 0 saturated heterocycles. The van der Waals surface area contributed by atoms with Gasteiger partial charge in [-0.2, -0.15) is 13.2 Å². The molecule has 0 fully saturated rings. The minimum Gasteiger partial charge on any atom is -0.352 e. The molecule has 0 atom stereocenters. The van der Waals surface area contributed by atoms with Crippen LogP contribution in [-0.2, 0) is 6.42 Å². The summed E-state index contributed by atoms with van der Waals surface area (Å²) in [5, 5.41) is 0.918. The Hall–Kier alpha value is -2.89. The number of aryl methyl sites for hydroxylation is 1. The summed E-state index contributed by atoms with van der Waals surface area (Å²) in [7, 11) is 0. The molecule has 0 amide bonds. The van der Waals surface area contributed by atoms with Crippen LogP contribution in [0.15, 0.2) is 47.5 Å². The molecule has 0 spiro atoms. The number of fused-ring (bicyclic) bond motifs is 2. The van der Waals surface area contributed by atoms with E-state index in [1.807, 2.05) is 25.1 Å². The zero-order valence-electron chi connectivity index (χ0n) is 13.2. The van der Waals surface area contributed by atoms with Crippen LogP contribution < -0.4 is 0 Å². The molecule has 6 heteroatoms. The van der Waals surface area contributed by atoms with Crippen LogP contribution in [0.5, 0.6) is 0 Å². The topological polar surface area (TPSA) is 45.2 Å². The molecule has 1 aromatic heterocycles. The molecule has 1 aliphatic heterocycles. The second-order valence-electron chi connectivity index (χ2n) is 6.18. The molecule has 1 N–H and O–H groups in total. The second kappa shape index (κ2) is 5.31. The van der Waals surface area contributed by atoms with Gasteiger partial charge in [-0.15, -0.1) is 0 Å². The summed E-state index contributed by atoms with van der Waals surface area (Å²) in [5.41, 5.74) is 2.51. The Bertz CT molecular complexity index is 1040. The van der Waals surface area contributed by atoms with Gasteiger partial charge in [0.15, 0.2) is 0 Å². The van der Waals surface area contributed by atoms with Gasteiger partial charge < -0.3 is 4.98 Å². The molecule has 3 nitrogen and oxygen atoms in total. The first-order chi connectivity index (χ1) is 11.8. The smallest absolute Gasteiger partial charge is 0.352 e. The van der Waals surface area contributed by atoms with Gasteiger partial charge in [0.05, 0.1) is 11.4 Å². The Kier molecular flexibility index (Phi) is 3.32. The first-order valence-electron chi connectivity index (χ1n) is 7.73. The normalized spacial score (nSPS) is 13.8. The van der Waals surface area contributed by atoms with E-state index in [2.05, 4.69) is 9.98 Å². The van der Waals surface area contributed by atoms with Crippen LogP contribution in [0, 0.1) is 6.92 Å². The third kappa shape index (κ3) is 2.73. The van der Waals surface area contributed by atoms with Gasteiger partial charge in [0, 0.05) is 22.9 Å². The highest BCUT2D eigenvalue weighted by Gasteiger charge is 2.38. The van der Waals surface area contributed by atoms with Crippen molar-refractivity contribution in [2.75, 3.05) is 0 Å². The summed E-state index contributed by atoms with van der Waals surface area (Å²) in [5.74, 6) is -0.271. The van der Waals surface area contributed by atoms with Gasteiger partial charge in [0.2, 0.25) is 5.78 Å². The van der Waals surface area contributed by atoms with E-state index in [4.69, 9.17) is 0 Å². The zero-order chi connectivity index (χ0) is 17.8. The Morgan fingerprint density at radius 2 is 1.92 bits per heavy atom. The van der Waals surface area contributed by atoms with E-state index in [0.717, 1.165) is 16.5 Å². The number of aromatic amines is 1. The minimum absolute atomic E-state index is 0.213. The Balaban J connectivity index is 1.70. The molecule has 25 heavy (non-hydrogen) atoms. The molecule has 0 bridgehead atoms. The number of ketones is 1. The Morgan fingerprint density at radius 1 is 1.12 bits per heavy atom. The average molecular weight is 342 g/mol. The number of carbonyl (C=O) groups excluding carboxylic acids is 1. The lowest BCUT2D eigenvalue weighted by Crippen LogP contribution is -2.22. The lowest BCUT2D eigenvalue weighted by atomic mass is 10.0. The van der Waals surface area contributed by atoms with Gasteiger partial charge in [-0.3, -0.25) is 4.79 Å². The number of aliphatic imine (C=N–C) groups is 1. The van der Waals surface area contributed by atoms with Crippen LogP contribution in [0.3, 0.4) is 0 Å². The van der Waals surface area contributed by atoms with Crippen LogP contribution >= 0.6 is 0 Å². The SMILES string of the molecule is Cc1ccc2[nH]c(C(=O)c3ccc4c(c3)N=C(C(F)(F)F)C4)cc2c1. The van der Waals surface area contributed by atoms with Gasteiger partial charge in [0.1, 0.15) is 5.71 Å². The minimum atomic E-state index is -4.45. The number of hydrogen-bond acceptors (Lipinski definition) is 2. The first kappa shape index (κ1) is 15.6. The highest BCUT2D eigenvalue weighted by Crippen LogP contribution is 2.34. The van der Waals surface area contributed by atoms with Gasteiger partial charge >= 0.3 is 6.18 Å². The van der Waals surface area contributed by atoms with Crippen molar-refractivity contribution in [1.82, 2.24) is 4.98 Å². The molecular weight excluding hydrogens is 329 g/mol. The van der Waals surface area contributed by atoms with Gasteiger partial charge in [-0.05, 0) is 36.8 Å². The van der Waals surface area contributed by atoms with Crippen molar-refractivity contribution in [2.24, 2.45) is 4.99 Å². The molecular formula is C19H13F3N2O. The summed E-state index contributed by atoms with van der Waals surface area (Å²) in [6.07, 6.45) is -4.70. The summed E-state index contributed by atoms with van der Waals surface area (Å²) >= 11 is 0. The predicted molar refractivity (Wildman–Crippen MR) is 89.8 cm³/mol. The number of hydrogen-bond donors (Lipinski definition) is 1. The van der Waals surface area contributed by atoms with E-state index in [0.29, 0.717) is 16.8 Å². The highest BCUT2D eigenvalue weighted by atomic mass is 19.4. The van der Waals surface area contributed by atoms with Gasteiger partial charge in [0.25, 0.3) is 0 Å². The summed E-state index contributed by atoms with van der Waals surface area (Å²) in [6.45, 7) is 1.96. The quantitative estimate of drug-likeness (QED) is 0.662. The highest BCUT2D eigenvalue weighted by molar-refractivity contribution is 6.11. The fraction of sp³-hybridized carbons (Fsp3) is 0.158. The number of carbonyl (C=O) groups is 1. The van der Waals surface area contributed by atoms with Crippen molar-refractivity contribution in [2.45, 2.75) is 19.5 Å². The van der Waals surface area contributed by atoms with E-state index in [1.54, 1.807) is 12.1 Å². The van der Waals surface area contributed by atoms with Gasteiger partial charge in [-0.1, -0.05) is 23.8 Å². The molecule has 2 aromatic carbocycles. The Labute approximate surface area is 141 Å². The number of rotatable bonds is 2. The summed E-state index contributed by atoms with van der Waals surface area (Å²) in [4.78, 5) is 19.4. The molecule has 1 aliphatic rings. The summed E-state index contributed by atoms with van der Waals surface area (Å²) in [6, 6.07) is 12.1. The third-order valence-electron chi connectivity index (χ3n) is 4.31. The number of nitrogens with one attached hydrogen (secondary N) is 1. The van der Waals surface area contributed by atoms with Crippen LogP contribution in [0.2, 0.25) is 0 Å². The fourth-order valence-corrected chi connectivity index (χ4v) is 3.02. The molecule has 3 aromatic rings. The maximum atomic E-state index is 12.8. The second-order valence-corrected chi connectivity index (χ2v) is 6.18. The number of H-pyrrole nitrogens is 1. The Morgan fingerprint density at radius 3 is 2.68 bits per heavy atom. The van der Waals surface area contributed by atoms with Crippen molar-refractivity contribution in [3.05, 3.63) is 64.8 Å². The molecule has 4 rings (SSSR count). The van der Waals surface area contributed by atoms with Crippen molar-refractivity contribution >= 4 is 28.1 Å². The molecule has 126 valence electrons. The van der Waals surface area contributed by atoms with Crippen molar-refractivity contribution in [3.8, 4) is 0 Å². The number of aromatic nitrogens is 1. The van der Waals surface area contributed by atoms with E-state index in [9.17, 15) is 18.0 Å². The maximum Gasteiger partial charge on any atom is 0.429 e. The van der Waals surface area contributed by atoms with Crippen LogP contribution in [0.4, 0.5) is 18.9 Å². The number of nitrogens with zero attached hydrogens (tertiary/aromatic N) is 1. The van der Waals surface area contributed by atoms with E-state index in [1.165, 1.54) is 12.1 Å². The van der Waals surface area contributed by atoms with E-state index < -0.39 is 11.9 Å². The molecule has 0 radical (unpaired) electrons. The van der Waals surface area contributed by atoms with E-state index >= 15 is 0 Å². The van der Waals surface area contributed by atoms with Crippen LogP contribution in [-0.4, -0.2) is 22.7 Å². The predicted octanol–water partition coefficient (Wildman–Crippen LogP) is 4.90. The number of halogens is 3. The third-order valence-corrected chi connectivity index (χ3v) is 4.31. The molecule has 2 heterocycles. The van der Waals surface area contributed by atoms with Gasteiger partial charge in [-0.25, -0.2) is 4.99 Å². The van der Waals surface area contributed by atoms with Crippen molar-refractivity contribution < 1.29 is 18.0 Å². The molecule has 0 saturated carbocycles. The van der Waals surface area contributed by atoms with Crippen molar-refractivity contribution in [3.63, 3.8) is 0 Å².